The van der Waals surface area contributed by atoms with Crippen LogP contribution in [-0.2, 0) is 9.84 Å². The third-order valence-electron chi connectivity index (χ3n) is 3.66. The van der Waals surface area contributed by atoms with Crippen molar-refractivity contribution in [3.63, 3.8) is 0 Å². The number of nitrogens with zero attached hydrogens (tertiary/aromatic N) is 1. The first-order valence-electron chi connectivity index (χ1n) is 7.36. The second kappa shape index (κ2) is 8.14. The molecule has 136 valence electrons. The van der Waals surface area contributed by atoms with Crippen LogP contribution in [0.1, 0.15) is 0 Å². The van der Waals surface area contributed by atoms with Crippen LogP contribution in [0.3, 0.4) is 0 Å². The molecule has 0 saturated carbocycles. The molecular weight excluding hydrogens is 395 g/mol. The summed E-state index contributed by atoms with van der Waals surface area (Å²) in [6.07, 6.45) is -4.38. The molecule has 0 unspecified atom stereocenters. The average Bonchev–Trinajstić information content (AvgIpc) is 3.09. The molecule has 1 aromatic heterocycles. The number of rotatable bonds is 5. The molecule has 0 aliphatic heterocycles. The van der Waals surface area contributed by atoms with Gasteiger partial charge in [0, 0.05) is 11.1 Å². The maximum Gasteiger partial charge on any atom is 1.00 e. The van der Waals surface area contributed by atoms with Gasteiger partial charge in [-0.25, -0.2) is 22.2 Å². The summed E-state index contributed by atoms with van der Waals surface area (Å²) in [5, 5.41) is -6.47. The SMILES string of the molecule is O=S(=O)(c1nc(-c2ccccc2)c(-c2ccccc2)[nH]1)C(F)(F)C(F)F.[Na+]. The van der Waals surface area contributed by atoms with Crippen molar-refractivity contribution in [3.05, 3.63) is 60.7 Å². The number of H-pyrrole nitrogens is 1. The van der Waals surface area contributed by atoms with E-state index in [9.17, 15) is 26.0 Å². The van der Waals surface area contributed by atoms with E-state index in [4.69, 9.17) is 0 Å². The predicted octanol–water partition coefficient (Wildman–Crippen LogP) is 1.38. The van der Waals surface area contributed by atoms with Crippen molar-refractivity contribution in [2.24, 2.45) is 0 Å². The zero-order valence-electron chi connectivity index (χ0n) is 14.0. The monoisotopic (exact) mass is 407 g/mol. The molecule has 0 amide bonds. The molecule has 3 rings (SSSR count). The smallest absolute Gasteiger partial charge is 0.328 e. The summed E-state index contributed by atoms with van der Waals surface area (Å²) in [4.78, 5) is 6.01. The molecule has 0 bridgehead atoms. The minimum atomic E-state index is -5.71. The Hall–Kier alpha value is -1.68. The van der Waals surface area contributed by atoms with Gasteiger partial charge in [0.25, 0.3) is 9.84 Å². The summed E-state index contributed by atoms with van der Waals surface area (Å²) >= 11 is 0. The molecule has 2 aromatic carbocycles. The molecule has 1 N–H and O–H groups in total. The first kappa shape index (κ1) is 21.6. The zero-order chi connectivity index (χ0) is 18.9. The summed E-state index contributed by atoms with van der Waals surface area (Å²) in [7, 11) is -5.71. The Balaban J connectivity index is 0.00000261. The van der Waals surface area contributed by atoms with Crippen LogP contribution >= 0.6 is 0 Å². The van der Waals surface area contributed by atoms with Crippen LogP contribution in [0.2, 0.25) is 0 Å². The summed E-state index contributed by atoms with van der Waals surface area (Å²) in [5.74, 6) is 0. The van der Waals surface area contributed by atoms with Gasteiger partial charge in [-0.15, -0.1) is 0 Å². The van der Waals surface area contributed by atoms with Gasteiger partial charge in [0.05, 0.1) is 11.4 Å². The maximum absolute atomic E-state index is 13.6. The van der Waals surface area contributed by atoms with E-state index < -0.39 is 26.7 Å². The number of halogens is 4. The Labute approximate surface area is 174 Å². The van der Waals surface area contributed by atoms with Crippen LogP contribution in [0, 0.1) is 0 Å². The minimum absolute atomic E-state index is 0. The van der Waals surface area contributed by atoms with E-state index in [0.717, 1.165) is 0 Å². The topological polar surface area (TPSA) is 62.8 Å². The van der Waals surface area contributed by atoms with E-state index in [0.29, 0.717) is 11.1 Å². The number of alkyl halides is 4. The van der Waals surface area contributed by atoms with Crippen molar-refractivity contribution in [1.29, 1.82) is 0 Å². The number of hydrogen-bond donors (Lipinski definition) is 1. The molecule has 0 aliphatic carbocycles. The Morgan fingerprint density at radius 3 is 1.85 bits per heavy atom. The van der Waals surface area contributed by atoms with Crippen molar-refractivity contribution in [1.82, 2.24) is 9.97 Å². The van der Waals surface area contributed by atoms with E-state index in [-0.39, 0.29) is 40.9 Å². The van der Waals surface area contributed by atoms with Gasteiger partial charge in [0.1, 0.15) is 0 Å². The first-order chi connectivity index (χ1) is 12.2. The van der Waals surface area contributed by atoms with Crippen LogP contribution in [0.15, 0.2) is 65.8 Å². The van der Waals surface area contributed by atoms with E-state index in [1.54, 1.807) is 60.7 Å². The quantitative estimate of drug-likeness (QED) is 0.514. The summed E-state index contributed by atoms with van der Waals surface area (Å²) in [5.41, 5.74) is 1.13. The van der Waals surface area contributed by atoms with E-state index >= 15 is 0 Å². The van der Waals surface area contributed by atoms with Gasteiger partial charge in [0.2, 0.25) is 5.16 Å². The number of imidazole rings is 1. The van der Waals surface area contributed by atoms with Crippen LogP contribution in [-0.4, -0.2) is 30.1 Å². The standard InChI is InChI=1S/C17H12F4N2O2S.Na/c18-15(19)17(20,21)26(24,25)16-22-13(11-7-3-1-4-8-11)14(23-16)12-9-5-2-6-10-12;/h1-10,15H,(H,22,23);/q;+1. The van der Waals surface area contributed by atoms with Gasteiger partial charge in [-0.3, -0.25) is 0 Å². The van der Waals surface area contributed by atoms with Crippen molar-refractivity contribution < 1.29 is 55.5 Å². The normalized spacial score (nSPS) is 12.0. The van der Waals surface area contributed by atoms with Crippen LogP contribution < -0.4 is 29.6 Å². The van der Waals surface area contributed by atoms with E-state index in [1.165, 1.54) is 0 Å². The van der Waals surface area contributed by atoms with E-state index in [2.05, 4.69) is 9.97 Å². The summed E-state index contributed by atoms with van der Waals surface area (Å²) in [6.45, 7) is 0. The number of aromatic nitrogens is 2. The van der Waals surface area contributed by atoms with Gasteiger partial charge < -0.3 is 4.98 Å². The number of nitrogens with one attached hydrogen (secondary N) is 1. The minimum Gasteiger partial charge on any atom is -0.328 e. The fourth-order valence-corrected chi connectivity index (χ4v) is 3.28. The molecule has 1 heterocycles. The second-order valence-corrected chi connectivity index (χ2v) is 7.30. The molecule has 0 fully saturated rings. The Morgan fingerprint density at radius 1 is 0.889 bits per heavy atom. The number of hydrogen-bond acceptors (Lipinski definition) is 3. The average molecular weight is 407 g/mol. The van der Waals surface area contributed by atoms with Crippen molar-refractivity contribution in [2.45, 2.75) is 16.8 Å². The number of aromatic amines is 1. The largest absolute Gasteiger partial charge is 1.00 e. The molecule has 27 heavy (non-hydrogen) atoms. The predicted molar refractivity (Wildman–Crippen MR) is 87.6 cm³/mol. The fraction of sp³-hybridized carbons (Fsp3) is 0.118. The summed E-state index contributed by atoms with van der Waals surface area (Å²) in [6, 6.07) is 16.5. The van der Waals surface area contributed by atoms with Crippen molar-refractivity contribution in [3.8, 4) is 22.5 Å². The summed E-state index contributed by atoms with van der Waals surface area (Å²) < 4.78 is 76.3. The van der Waals surface area contributed by atoms with E-state index in [1.807, 2.05) is 0 Å². The molecule has 4 nitrogen and oxygen atoms in total. The van der Waals surface area contributed by atoms with Crippen LogP contribution in [0.5, 0.6) is 0 Å². The first-order valence-corrected chi connectivity index (χ1v) is 8.85. The fourth-order valence-electron chi connectivity index (χ4n) is 2.34. The Bertz CT molecular complexity index is 953. The second-order valence-electron chi connectivity index (χ2n) is 5.36. The third-order valence-corrected chi connectivity index (χ3v) is 5.26. The Morgan fingerprint density at radius 2 is 1.37 bits per heavy atom. The van der Waals surface area contributed by atoms with Crippen LogP contribution in [0.4, 0.5) is 17.6 Å². The molecule has 10 heteroatoms. The van der Waals surface area contributed by atoms with Gasteiger partial charge in [-0.2, -0.15) is 8.78 Å². The van der Waals surface area contributed by atoms with Crippen molar-refractivity contribution >= 4 is 9.84 Å². The van der Waals surface area contributed by atoms with Gasteiger partial charge in [0.15, 0.2) is 0 Å². The van der Waals surface area contributed by atoms with Gasteiger partial charge in [-0.1, -0.05) is 60.7 Å². The zero-order valence-corrected chi connectivity index (χ0v) is 16.9. The number of benzene rings is 2. The van der Waals surface area contributed by atoms with Gasteiger partial charge in [-0.05, 0) is 0 Å². The molecular formula is C17H12F4N2NaO2S+. The molecule has 0 atom stereocenters. The maximum atomic E-state index is 13.6. The van der Waals surface area contributed by atoms with Gasteiger partial charge >= 0.3 is 41.2 Å². The molecule has 3 aromatic rings. The Kier molecular flexibility index (Phi) is 6.51. The molecule has 0 saturated heterocycles. The third kappa shape index (κ3) is 3.96. The van der Waals surface area contributed by atoms with Crippen molar-refractivity contribution in [2.75, 3.05) is 0 Å². The van der Waals surface area contributed by atoms with Crippen LogP contribution in [0.25, 0.3) is 22.5 Å². The molecule has 0 radical (unpaired) electrons. The molecule has 0 spiro atoms. The molecule has 0 aliphatic rings. The number of sulfone groups is 1.